The molecule has 1 aromatic heterocycles. The summed E-state index contributed by atoms with van der Waals surface area (Å²) in [6.45, 7) is 1.68. The smallest absolute Gasteiger partial charge is 0.144 e. The van der Waals surface area contributed by atoms with Gasteiger partial charge in [0.05, 0.1) is 19.4 Å². The molecule has 66 valence electrons. The molecule has 1 atom stereocenters. The molecule has 0 radical (unpaired) electrons. The van der Waals surface area contributed by atoms with Crippen LogP contribution in [0, 0.1) is 0 Å². The molecule has 0 aliphatic rings. The van der Waals surface area contributed by atoms with Gasteiger partial charge in [0.2, 0.25) is 0 Å². The van der Waals surface area contributed by atoms with E-state index in [1.165, 1.54) is 0 Å². The van der Waals surface area contributed by atoms with Crippen LogP contribution in [0.2, 0.25) is 0 Å². The number of rotatable bonds is 2. The number of aliphatic hydroxyl groups excluding tert-OH is 1. The van der Waals surface area contributed by atoms with E-state index in [2.05, 4.69) is 20.9 Å². The van der Waals surface area contributed by atoms with E-state index in [0.717, 1.165) is 10.0 Å². The van der Waals surface area contributed by atoms with E-state index in [4.69, 9.17) is 4.74 Å². The van der Waals surface area contributed by atoms with Crippen molar-refractivity contribution in [2.24, 2.45) is 0 Å². The normalized spacial score (nSPS) is 12.7. The van der Waals surface area contributed by atoms with Crippen LogP contribution < -0.4 is 4.74 Å². The van der Waals surface area contributed by atoms with Gasteiger partial charge in [-0.3, -0.25) is 4.98 Å². The summed E-state index contributed by atoms with van der Waals surface area (Å²) in [6.07, 6.45) is 2.65. The molecule has 0 bridgehead atoms. The highest BCUT2D eigenvalue weighted by atomic mass is 79.9. The molecule has 1 aromatic rings. The van der Waals surface area contributed by atoms with Gasteiger partial charge in [-0.1, -0.05) is 0 Å². The van der Waals surface area contributed by atoms with E-state index in [1.807, 2.05) is 0 Å². The monoisotopic (exact) mass is 231 g/mol. The lowest BCUT2D eigenvalue weighted by atomic mass is 10.1. The number of ether oxygens (including phenoxy) is 1. The van der Waals surface area contributed by atoms with E-state index in [9.17, 15) is 5.11 Å². The van der Waals surface area contributed by atoms with Crippen LogP contribution >= 0.6 is 15.9 Å². The minimum atomic E-state index is -0.558. The van der Waals surface area contributed by atoms with Gasteiger partial charge in [0.25, 0.3) is 0 Å². The lowest BCUT2D eigenvalue weighted by Gasteiger charge is -2.11. The first-order valence-electron chi connectivity index (χ1n) is 3.52. The maximum absolute atomic E-state index is 9.38. The Labute approximate surface area is 79.5 Å². The largest absolute Gasteiger partial charge is 0.495 e. The van der Waals surface area contributed by atoms with Crippen molar-refractivity contribution in [1.29, 1.82) is 0 Å². The number of aliphatic hydroxyl groups is 1. The quantitative estimate of drug-likeness (QED) is 0.846. The Morgan fingerprint density at radius 1 is 1.58 bits per heavy atom. The van der Waals surface area contributed by atoms with Gasteiger partial charge in [0, 0.05) is 16.2 Å². The summed E-state index contributed by atoms with van der Waals surface area (Å²) in [5.74, 6) is 0.597. The Bertz CT molecular complexity index is 276. The summed E-state index contributed by atoms with van der Waals surface area (Å²) >= 11 is 3.29. The predicted octanol–water partition coefficient (Wildman–Crippen LogP) is 1.91. The molecule has 12 heavy (non-hydrogen) atoms. The molecule has 0 amide bonds. The van der Waals surface area contributed by atoms with Crippen LogP contribution in [0.4, 0.5) is 0 Å². The van der Waals surface area contributed by atoms with Gasteiger partial charge in [0.1, 0.15) is 5.75 Å². The number of pyridine rings is 1. The summed E-state index contributed by atoms with van der Waals surface area (Å²) in [5, 5.41) is 9.38. The maximum atomic E-state index is 9.38. The van der Waals surface area contributed by atoms with Crippen molar-refractivity contribution >= 4 is 15.9 Å². The Morgan fingerprint density at radius 2 is 2.25 bits per heavy atom. The van der Waals surface area contributed by atoms with Crippen molar-refractivity contribution in [3.8, 4) is 5.75 Å². The summed E-state index contributed by atoms with van der Waals surface area (Å²) < 4.78 is 5.80. The Balaban J connectivity index is 3.20. The minimum absolute atomic E-state index is 0.558. The van der Waals surface area contributed by atoms with Crippen molar-refractivity contribution < 1.29 is 9.84 Å². The fraction of sp³-hybridized carbons (Fsp3) is 0.375. The van der Waals surface area contributed by atoms with Crippen molar-refractivity contribution in [3.05, 3.63) is 22.4 Å². The number of methoxy groups -OCH3 is 1. The third kappa shape index (κ3) is 1.76. The molecule has 0 unspecified atom stereocenters. The lowest BCUT2D eigenvalue weighted by molar-refractivity contribution is 0.193. The molecule has 0 aromatic carbocycles. The zero-order chi connectivity index (χ0) is 9.14. The Kier molecular flexibility index (Phi) is 3.05. The van der Waals surface area contributed by atoms with E-state index in [0.29, 0.717) is 5.75 Å². The molecule has 0 saturated heterocycles. The zero-order valence-electron chi connectivity index (χ0n) is 6.91. The third-order valence-corrected chi connectivity index (χ3v) is 2.17. The number of aromatic nitrogens is 1. The SMILES string of the molecule is COc1cncc(Br)c1[C@H](C)O. The highest BCUT2D eigenvalue weighted by molar-refractivity contribution is 9.10. The van der Waals surface area contributed by atoms with Gasteiger partial charge in [-0.05, 0) is 22.9 Å². The Hall–Kier alpha value is -0.610. The fourth-order valence-electron chi connectivity index (χ4n) is 0.995. The summed E-state index contributed by atoms with van der Waals surface area (Å²) in [7, 11) is 1.55. The average Bonchev–Trinajstić information content (AvgIpc) is 2.03. The first kappa shape index (κ1) is 9.48. The number of hydrogen-bond donors (Lipinski definition) is 1. The molecule has 1 N–H and O–H groups in total. The average molecular weight is 232 g/mol. The molecule has 3 nitrogen and oxygen atoms in total. The highest BCUT2D eigenvalue weighted by Gasteiger charge is 2.12. The Morgan fingerprint density at radius 3 is 2.67 bits per heavy atom. The van der Waals surface area contributed by atoms with Gasteiger partial charge in [0.15, 0.2) is 0 Å². The van der Waals surface area contributed by atoms with Crippen molar-refractivity contribution in [3.63, 3.8) is 0 Å². The van der Waals surface area contributed by atoms with Crippen LogP contribution in [0.5, 0.6) is 5.75 Å². The maximum Gasteiger partial charge on any atom is 0.144 e. The fourth-order valence-corrected chi connectivity index (χ4v) is 1.64. The molecule has 0 aliphatic carbocycles. The second-order valence-corrected chi connectivity index (χ2v) is 3.27. The molecule has 1 rings (SSSR count). The van der Waals surface area contributed by atoms with E-state index >= 15 is 0 Å². The van der Waals surface area contributed by atoms with Gasteiger partial charge in [-0.15, -0.1) is 0 Å². The van der Waals surface area contributed by atoms with Crippen LogP contribution in [0.3, 0.4) is 0 Å². The minimum Gasteiger partial charge on any atom is -0.495 e. The van der Waals surface area contributed by atoms with Crippen LogP contribution in [0.1, 0.15) is 18.6 Å². The third-order valence-electron chi connectivity index (χ3n) is 1.54. The molecule has 0 saturated carbocycles. The summed E-state index contributed by atoms with van der Waals surface area (Å²) in [4.78, 5) is 3.92. The van der Waals surface area contributed by atoms with Crippen molar-refractivity contribution in [2.75, 3.05) is 7.11 Å². The second kappa shape index (κ2) is 3.87. The van der Waals surface area contributed by atoms with Crippen LogP contribution in [-0.2, 0) is 0 Å². The molecule has 4 heteroatoms. The van der Waals surface area contributed by atoms with Crippen LogP contribution in [-0.4, -0.2) is 17.2 Å². The van der Waals surface area contributed by atoms with Crippen molar-refractivity contribution in [2.45, 2.75) is 13.0 Å². The molecule has 0 fully saturated rings. The zero-order valence-corrected chi connectivity index (χ0v) is 8.50. The molecule has 0 aliphatic heterocycles. The van der Waals surface area contributed by atoms with Gasteiger partial charge in [-0.2, -0.15) is 0 Å². The van der Waals surface area contributed by atoms with Crippen LogP contribution in [0.25, 0.3) is 0 Å². The van der Waals surface area contributed by atoms with E-state index in [-0.39, 0.29) is 0 Å². The molecular weight excluding hydrogens is 222 g/mol. The molecule has 0 spiro atoms. The topological polar surface area (TPSA) is 42.4 Å². The van der Waals surface area contributed by atoms with Gasteiger partial charge < -0.3 is 9.84 Å². The lowest BCUT2D eigenvalue weighted by Crippen LogP contribution is -1.98. The predicted molar refractivity (Wildman–Crippen MR) is 49.1 cm³/mol. The van der Waals surface area contributed by atoms with E-state index in [1.54, 1.807) is 26.4 Å². The van der Waals surface area contributed by atoms with Gasteiger partial charge >= 0.3 is 0 Å². The second-order valence-electron chi connectivity index (χ2n) is 2.41. The van der Waals surface area contributed by atoms with E-state index < -0.39 is 6.10 Å². The van der Waals surface area contributed by atoms with Crippen molar-refractivity contribution in [1.82, 2.24) is 4.98 Å². The number of hydrogen-bond acceptors (Lipinski definition) is 3. The van der Waals surface area contributed by atoms with Gasteiger partial charge in [-0.25, -0.2) is 0 Å². The van der Waals surface area contributed by atoms with Crippen LogP contribution in [0.15, 0.2) is 16.9 Å². The molecule has 1 heterocycles. The number of halogens is 1. The summed E-state index contributed by atoms with van der Waals surface area (Å²) in [5.41, 5.74) is 0.729. The first-order chi connectivity index (χ1) is 5.66. The number of nitrogens with zero attached hydrogens (tertiary/aromatic N) is 1. The molecular formula is C8H10BrNO2. The summed E-state index contributed by atoms with van der Waals surface area (Å²) in [6, 6.07) is 0. The standard InChI is InChI=1S/C8H10BrNO2/c1-5(11)8-6(9)3-10-4-7(8)12-2/h3-5,11H,1-2H3/t5-/m0/s1. The highest BCUT2D eigenvalue weighted by Crippen LogP contribution is 2.30. The first-order valence-corrected chi connectivity index (χ1v) is 4.31.